The number of aromatic nitrogens is 3. The maximum absolute atomic E-state index is 12.0. The van der Waals surface area contributed by atoms with Crippen LogP contribution in [0.3, 0.4) is 0 Å². The number of nitrogens with zero attached hydrogens (tertiary/aromatic N) is 3. The van der Waals surface area contributed by atoms with Gasteiger partial charge >= 0.3 is 6.01 Å². The molecule has 0 fully saturated rings. The van der Waals surface area contributed by atoms with Crippen molar-refractivity contribution in [2.24, 2.45) is 0 Å². The van der Waals surface area contributed by atoms with Crippen molar-refractivity contribution in [1.29, 1.82) is 0 Å². The van der Waals surface area contributed by atoms with E-state index in [4.69, 9.17) is 9.15 Å². The molecule has 0 bridgehead atoms. The van der Waals surface area contributed by atoms with E-state index >= 15 is 0 Å². The van der Waals surface area contributed by atoms with E-state index < -0.39 is 0 Å². The highest BCUT2D eigenvalue weighted by molar-refractivity contribution is 7.99. The van der Waals surface area contributed by atoms with Crippen molar-refractivity contribution < 1.29 is 13.9 Å². The van der Waals surface area contributed by atoms with Crippen LogP contribution in [-0.4, -0.2) is 34.0 Å². The van der Waals surface area contributed by atoms with Gasteiger partial charge in [0.25, 0.3) is 5.89 Å². The first-order valence-corrected chi connectivity index (χ1v) is 9.04. The van der Waals surface area contributed by atoms with E-state index in [1.165, 1.54) is 0 Å². The Morgan fingerprint density at radius 2 is 2.08 bits per heavy atom. The van der Waals surface area contributed by atoms with E-state index in [-0.39, 0.29) is 11.9 Å². The van der Waals surface area contributed by atoms with Crippen LogP contribution >= 0.6 is 11.8 Å². The van der Waals surface area contributed by atoms with Crippen LogP contribution in [0.2, 0.25) is 0 Å². The predicted molar refractivity (Wildman–Crippen MR) is 99.1 cm³/mol. The minimum absolute atomic E-state index is 0.0941. The molecule has 1 amide bonds. The monoisotopic (exact) mass is 370 g/mol. The van der Waals surface area contributed by atoms with Gasteiger partial charge in [-0.05, 0) is 48.6 Å². The number of amides is 1. The number of pyridine rings is 1. The Labute approximate surface area is 155 Å². The number of anilines is 1. The van der Waals surface area contributed by atoms with E-state index in [0.717, 1.165) is 22.8 Å². The molecule has 0 saturated heterocycles. The number of thioether (sulfide) groups is 1. The smallest absolute Gasteiger partial charge is 0.322 e. The van der Waals surface area contributed by atoms with E-state index in [1.807, 2.05) is 30.3 Å². The largest absolute Gasteiger partial charge is 0.497 e. The number of carbonyl (C=O) groups is 1. The summed E-state index contributed by atoms with van der Waals surface area (Å²) in [6.07, 6.45) is 4.40. The molecule has 26 heavy (non-hydrogen) atoms. The molecule has 3 aromatic rings. The van der Waals surface area contributed by atoms with Crippen molar-refractivity contribution in [3.63, 3.8) is 0 Å². The van der Waals surface area contributed by atoms with Crippen molar-refractivity contribution in [2.45, 2.75) is 17.7 Å². The molecule has 134 valence electrons. The minimum atomic E-state index is -0.151. The summed E-state index contributed by atoms with van der Waals surface area (Å²) < 4.78 is 10.6. The molecule has 0 atom stereocenters. The highest BCUT2D eigenvalue weighted by Crippen LogP contribution is 2.22. The number of nitrogens with one attached hydrogen (secondary N) is 1. The first-order valence-electron chi connectivity index (χ1n) is 8.05. The number of methoxy groups -OCH3 is 1. The van der Waals surface area contributed by atoms with Gasteiger partial charge < -0.3 is 9.15 Å². The normalized spacial score (nSPS) is 10.5. The summed E-state index contributed by atoms with van der Waals surface area (Å²) in [7, 11) is 1.64. The zero-order valence-electron chi connectivity index (χ0n) is 14.2. The topological polar surface area (TPSA) is 90.1 Å². The van der Waals surface area contributed by atoms with Gasteiger partial charge in [0.15, 0.2) is 0 Å². The first-order chi connectivity index (χ1) is 12.7. The summed E-state index contributed by atoms with van der Waals surface area (Å²) in [5.74, 6) is 1.84. The van der Waals surface area contributed by atoms with Crippen LogP contribution in [0, 0.1) is 0 Å². The molecule has 2 aromatic heterocycles. The minimum Gasteiger partial charge on any atom is -0.497 e. The van der Waals surface area contributed by atoms with E-state index in [1.54, 1.807) is 37.3 Å². The summed E-state index contributed by atoms with van der Waals surface area (Å²) >= 11 is 1.70. The number of carbonyl (C=O) groups excluding carboxylic acids is 1. The number of hydrogen-bond donors (Lipinski definition) is 1. The Kier molecular flexibility index (Phi) is 6.21. The maximum Gasteiger partial charge on any atom is 0.322 e. The second-order valence-electron chi connectivity index (χ2n) is 5.33. The maximum atomic E-state index is 12.0. The van der Waals surface area contributed by atoms with Crippen molar-refractivity contribution in [2.75, 3.05) is 18.2 Å². The summed E-state index contributed by atoms with van der Waals surface area (Å²) in [6, 6.07) is 11.5. The lowest BCUT2D eigenvalue weighted by Gasteiger charge is -2.03. The zero-order chi connectivity index (χ0) is 18.2. The van der Waals surface area contributed by atoms with Gasteiger partial charge in [0.2, 0.25) is 5.91 Å². The lowest BCUT2D eigenvalue weighted by Crippen LogP contribution is -2.11. The highest BCUT2D eigenvalue weighted by atomic mass is 32.2. The zero-order valence-corrected chi connectivity index (χ0v) is 15.0. The molecule has 0 unspecified atom stereocenters. The third-order valence-electron chi connectivity index (χ3n) is 3.46. The number of hydrogen-bond acceptors (Lipinski definition) is 7. The van der Waals surface area contributed by atoms with Gasteiger partial charge in [0.1, 0.15) is 5.75 Å². The van der Waals surface area contributed by atoms with Crippen molar-refractivity contribution >= 4 is 23.7 Å². The molecule has 7 nitrogen and oxygen atoms in total. The van der Waals surface area contributed by atoms with Crippen molar-refractivity contribution in [3.05, 3.63) is 48.8 Å². The van der Waals surface area contributed by atoms with E-state index in [2.05, 4.69) is 20.5 Å². The van der Waals surface area contributed by atoms with E-state index in [0.29, 0.717) is 17.9 Å². The molecular weight excluding hydrogens is 352 g/mol. The van der Waals surface area contributed by atoms with Gasteiger partial charge in [-0.25, -0.2) is 0 Å². The first kappa shape index (κ1) is 17.9. The Bertz CT molecular complexity index is 837. The van der Waals surface area contributed by atoms with Crippen LogP contribution in [0.15, 0.2) is 58.1 Å². The summed E-state index contributed by atoms with van der Waals surface area (Å²) in [4.78, 5) is 17.1. The van der Waals surface area contributed by atoms with Crippen molar-refractivity contribution in [3.8, 4) is 17.2 Å². The SMILES string of the molecule is COc1ccc(SCCCC(=O)Nc2nnc(-c3cccnc3)o2)cc1. The molecular formula is C18H18N4O3S. The number of rotatable bonds is 8. The van der Waals surface area contributed by atoms with Crippen LogP contribution in [0.25, 0.3) is 11.5 Å². The third kappa shape index (κ3) is 5.06. The Hall–Kier alpha value is -2.87. The van der Waals surface area contributed by atoms with Crippen LogP contribution in [0.1, 0.15) is 12.8 Å². The molecule has 2 heterocycles. The quantitative estimate of drug-likeness (QED) is 0.478. The Morgan fingerprint density at radius 3 is 2.81 bits per heavy atom. The van der Waals surface area contributed by atoms with Gasteiger partial charge in [0.05, 0.1) is 12.7 Å². The molecule has 1 N–H and O–H groups in total. The van der Waals surface area contributed by atoms with Crippen LogP contribution in [0.4, 0.5) is 6.01 Å². The molecule has 8 heteroatoms. The Morgan fingerprint density at radius 1 is 1.23 bits per heavy atom. The second kappa shape index (κ2) is 9.00. The van der Waals surface area contributed by atoms with Crippen molar-refractivity contribution in [1.82, 2.24) is 15.2 Å². The standard InChI is InChI=1S/C18H18N4O3S/c1-24-14-6-8-15(9-7-14)26-11-3-5-16(23)20-18-22-21-17(25-18)13-4-2-10-19-12-13/h2,4,6-10,12H,3,5,11H2,1H3,(H,20,22,23). The fourth-order valence-electron chi connectivity index (χ4n) is 2.16. The van der Waals surface area contributed by atoms with Crippen LogP contribution in [-0.2, 0) is 4.79 Å². The fourth-order valence-corrected chi connectivity index (χ4v) is 3.01. The molecule has 0 saturated carbocycles. The third-order valence-corrected chi connectivity index (χ3v) is 4.55. The summed E-state index contributed by atoms with van der Waals surface area (Å²) in [6.45, 7) is 0. The number of benzene rings is 1. The van der Waals surface area contributed by atoms with Gasteiger partial charge in [-0.15, -0.1) is 16.9 Å². The molecule has 1 aromatic carbocycles. The van der Waals surface area contributed by atoms with Gasteiger partial charge in [-0.3, -0.25) is 15.1 Å². The van der Waals surface area contributed by atoms with Crippen LogP contribution in [0.5, 0.6) is 5.75 Å². The fraction of sp³-hybridized carbons (Fsp3) is 0.222. The summed E-state index contributed by atoms with van der Waals surface area (Å²) in [5.41, 5.74) is 0.705. The van der Waals surface area contributed by atoms with Gasteiger partial charge in [-0.2, -0.15) is 0 Å². The molecule has 0 aliphatic heterocycles. The van der Waals surface area contributed by atoms with Gasteiger partial charge in [0, 0.05) is 23.7 Å². The lowest BCUT2D eigenvalue weighted by molar-refractivity contribution is -0.116. The predicted octanol–water partition coefficient (Wildman–Crippen LogP) is 3.65. The number of ether oxygens (including phenoxy) is 1. The molecule has 0 spiro atoms. The molecule has 0 radical (unpaired) electrons. The van der Waals surface area contributed by atoms with E-state index in [9.17, 15) is 4.79 Å². The highest BCUT2D eigenvalue weighted by Gasteiger charge is 2.11. The lowest BCUT2D eigenvalue weighted by atomic mass is 10.3. The average Bonchev–Trinajstić information content (AvgIpc) is 3.15. The summed E-state index contributed by atoms with van der Waals surface area (Å²) in [5, 5.41) is 10.4. The molecule has 0 aliphatic rings. The average molecular weight is 370 g/mol. The van der Waals surface area contributed by atoms with Gasteiger partial charge in [-0.1, -0.05) is 5.10 Å². The van der Waals surface area contributed by atoms with Crippen LogP contribution < -0.4 is 10.1 Å². The molecule has 3 rings (SSSR count). The Balaban J connectivity index is 1.41. The molecule has 0 aliphatic carbocycles. The second-order valence-corrected chi connectivity index (χ2v) is 6.50.